The molecule has 0 aromatic rings. The predicted molar refractivity (Wildman–Crippen MR) is 73.0 cm³/mol. The van der Waals surface area contributed by atoms with Gasteiger partial charge in [-0.3, -0.25) is 9.59 Å². The van der Waals surface area contributed by atoms with Crippen LogP contribution < -0.4 is 10.6 Å². The number of nitrogens with zero attached hydrogens (tertiary/aromatic N) is 1. The fraction of sp³-hybridized carbons (Fsp3) is 0.846. The van der Waals surface area contributed by atoms with Gasteiger partial charge in [0.1, 0.15) is 5.88 Å². The number of alkyl halides is 1. The minimum absolute atomic E-state index is 0.0140. The van der Waals surface area contributed by atoms with Crippen LogP contribution in [0.5, 0.6) is 0 Å². The van der Waals surface area contributed by atoms with E-state index in [9.17, 15) is 9.59 Å². The summed E-state index contributed by atoms with van der Waals surface area (Å²) in [6.07, 6.45) is 4.90. The summed E-state index contributed by atoms with van der Waals surface area (Å²) in [5.74, 6) is -0.240. The Bertz CT molecular complexity index is 348. The van der Waals surface area contributed by atoms with Gasteiger partial charge in [0, 0.05) is 25.9 Å². The number of primary amides is 1. The first-order valence-electron chi connectivity index (χ1n) is 7.09. The standard InChI is InChI=1S/C13H22ClN3O2/c14-10-11(18)16-8-4-13(5-9-16,12(15)19)17-6-2-1-3-7-17/h1-10H2,(H2,15,19)/p+1. The van der Waals surface area contributed by atoms with Gasteiger partial charge < -0.3 is 15.5 Å². The third kappa shape index (κ3) is 2.87. The van der Waals surface area contributed by atoms with Crippen molar-refractivity contribution in [2.24, 2.45) is 5.73 Å². The van der Waals surface area contributed by atoms with Crippen LogP contribution in [-0.2, 0) is 9.59 Å². The van der Waals surface area contributed by atoms with Gasteiger partial charge in [-0.1, -0.05) is 0 Å². The Balaban J connectivity index is 2.06. The van der Waals surface area contributed by atoms with Gasteiger partial charge in [0.05, 0.1) is 13.1 Å². The van der Waals surface area contributed by atoms with E-state index in [1.807, 2.05) is 0 Å². The first-order valence-corrected chi connectivity index (χ1v) is 7.62. The molecule has 2 aliphatic heterocycles. The number of likely N-dealkylation sites (tertiary alicyclic amines) is 2. The summed E-state index contributed by atoms with van der Waals surface area (Å²) in [5.41, 5.74) is 5.23. The number of nitrogens with one attached hydrogen (secondary N) is 1. The van der Waals surface area contributed by atoms with Crippen LogP contribution in [0.2, 0.25) is 0 Å². The molecule has 2 aliphatic rings. The molecule has 2 fully saturated rings. The quantitative estimate of drug-likeness (QED) is 0.664. The Morgan fingerprint density at radius 3 is 2.21 bits per heavy atom. The summed E-state index contributed by atoms with van der Waals surface area (Å²) < 4.78 is 0. The van der Waals surface area contributed by atoms with Crippen molar-refractivity contribution in [3.05, 3.63) is 0 Å². The van der Waals surface area contributed by atoms with Crippen LogP contribution in [0.4, 0.5) is 0 Å². The second-order valence-electron chi connectivity index (χ2n) is 5.62. The topological polar surface area (TPSA) is 67.8 Å². The molecule has 0 aromatic heterocycles. The Morgan fingerprint density at radius 1 is 1.16 bits per heavy atom. The van der Waals surface area contributed by atoms with Crippen LogP contribution in [0.25, 0.3) is 0 Å². The summed E-state index contributed by atoms with van der Waals surface area (Å²) in [6.45, 7) is 3.23. The fourth-order valence-corrected chi connectivity index (χ4v) is 3.62. The highest BCUT2D eigenvalue weighted by Crippen LogP contribution is 2.20. The molecule has 2 amide bonds. The lowest BCUT2D eigenvalue weighted by atomic mass is 9.83. The van der Waals surface area contributed by atoms with Crippen LogP contribution in [0.3, 0.4) is 0 Å². The first-order chi connectivity index (χ1) is 9.10. The molecule has 6 heteroatoms. The molecular weight excluding hydrogens is 266 g/mol. The number of piperidine rings is 2. The number of carbonyl (C=O) groups excluding carboxylic acids is 2. The molecule has 0 atom stereocenters. The van der Waals surface area contributed by atoms with Crippen LogP contribution in [0.15, 0.2) is 0 Å². The van der Waals surface area contributed by atoms with E-state index in [-0.39, 0.29) is 17.7 Å². The van der Waals surface area contributed by atoms with Crippen molar-refractivity contribution >= 4 is 23.4 Å². The maximum atomic E-state index is 12.0. The molecule has 3 N–H and O–H groups in total. The van der Waals surface area contributed by atoms with Gasteiger partial charge >= 0.3 is 0 Å². The van der Waals surface area contributed by atoms with Crippen LogP contribution in [0, 0.1) is 0 Å². The monoisotopic (exact) mass is 288 g/mol. The van der Waals surface area contributed by atoms with E-state index in [1.165, 1.54) is 11.3 Å². The molecule has 0 aromatic carbocycles. The highest BCUT2D eigenvalue weighted by atomic mass is 35.5. The fourth-order valence-electron chi connectivity index (χ4n) is 3.45. The molecule has 2 rings (SSSR count). The zero-order valence-electron chi connectivity index (χ0n) is 11.3. The summed E-state index contributed by atoms with van der Waals surface area (Å²) in [5, 5.41) is 0. The SMILES string of the molecule is NC(=O)C1([NH+]2CCCCC2)CCN(C(=O)CCl)CC1. The zero-order chi connectivity index (χ0) is 13.9. The number of amides is 2. The van der Waals surface area contributed by atoms with Crippen LogP contribution in [0.1, 0.15) is 32.1 Å². The van der Waals surface area contributed by atoms with Crippen molar-refractivity contribution in [2.75, 3.05) is 32.1 Å². The largest absolute Gasteiger partial charge is 0.364 e. The Labute approximate surface area is 119 Å². The Morgan fingerprint density at radius 2 is 1.74 bits per heavy atom. The van der Waals surface area contributed by atoms with E-state index in [0.29, 0.717) is 25.9 Å². The summed E-state index contributed by atoms with van der Waals surface area (Å²) in [6, 6.07) is 0. The third-order valence-corrected chi connectivity index (χ3v) is 4.92. The van der Waals surface area contributed by atoms with E-state index < -0.39 is 5.54 Å². The normalized spacial score (nSPS) is 24.2. The van der Waals surface area contributed by atoms with E-state index in [2.05, 4.69) is 0 Å². The highest BCUT2D eigenvalue weighted by molar-refractivity contribution is 6.27. The van der Waals surface area contributed by atoms with Crippen molar-refractivity contribution in [1.82, 2.24) is 4.90 Å². The van der Waals surface area contributed by atoms with Crippen molar-refractivity contribution < 1.29 is 14.5 Å². The van der Waals surface area contributed by atoms with E-state index in [0.717, 1.165) is 25.9 Å². The molecule has 2 saturated heterocycles. The van der Waals surface area contributed by atoms with Gasteiger partial charge in [-0.25, -0.2) is 0 Å². The second kappa shape index (κ2) is 6.09. The molecule has 0 radical (unpaired) electrons. The van der Waals surface area contributed by atoms with Crippen molar-refractivity contribution in [3.63, 3.8) is 0 Å². The molecule has 0 saturated carbocycles. The van der Waals surface area contributed by atoms with E-state index >= 15 is 0 Å². The molecule has 19 heavy (non-hydrogen) atoms. The smallest absolute Gasteiger partial charge is 0.278 e. The van der Waals surface area contributed by atoms with Gasteiger partial charge in [0.2, 0.25) is 5.91 Å². The van der Waals surface area contributed by atoms with Crippen molar-refractivity contribution in [1.29, 1.82) is 0 Å². The minimum atomic E-state index is -0.469. The van der Waals surface area contributed by atoms with Crippen molar-refractivity contribution in [2.45, 2.75) is 37.6 Å². The van der Waals surface area contributed by atoms with Gasteiger partial charge in [-0.05, 0) is 19.3 Å². The Kier molecular flexibility index (Phi) is 4.68. The number of nitrogens with two attached hydrogens (primary N) is 1. The summed E-state index contributed by atoms with van der Waals surface area (Å²) >= 11 is 5.58. The lowest BCUT2D eigenvalue weighted by Crippen LogP contribution is -3.22. The van der Waals surface area contributed by atoms with E-state index in [1.54, 1.807) is 4.90 Å². The maximum Gasteiger partial charge on any atom is 0.278 e. The molecule has 0 aliphatic carbocycles. The summed E-state index contributed by atoms with van der Waals surface area (Å²) in [7, 11) is 0. The first kappa shape index (κ1) is 14.6. The molecule has 2 heterocycles. The predicted octanol–water partition coefficient (Wildman–Crippen LogP) is -0.859. The molecule has 5 nitrogen and oxygen atoms in total. The van der Waals surface area contributed by atoms with Crippen molar-refractivity contribution in [3.8, 4) is 0 Å². The van der Waals surface area contributed by atoms with Gasteiger partial charge in [-0.2, -0.15) is 0 Å². The number of hydrogen-bond donors (Lipinski definition) is 2. The third-order valence-electron chi connectivity index (χ3n) is 4.69. The second-order valence-corrected chi connectivity index (χ2v) is 5.89. The highest BCUT2D eigenvalue weighted by Gasteiger charge is 2.49. The number of quaternary nitrogens is 1. The number of carbonyl (C=O) groups is 2. The number of rotatable bonds is 3. The molecular formula is C13H23ClN3O2+. The maximum absolute atomic E-state index is 12.0. The lowest BCUT2D eigenvalue weighted by molar-refractivity contribution is -0.948. The number of hydrogen-bond acceptors (Lipinski definition) is 2. The average Bonchev–Trinajstić information content (AvgIpc) is 2.47. The lowest BCUT2D eigenvalue weighted by Gasteiger charge is -2.45. The average molecular weight is 289 g/mol. The molecule has 108 valence electrons. The molecule has 0 unspecified atom stereocenters. The Hall–Kier alpha value is -0.810. The number of halogens is 1. The van der Waals surface area contributed by atoms with Gasteiger partial charge in [0.15, 0.2) is 5.54 Å². The summed E-state index contributed by atoms with van der Waals surface area (Å²) in [4.78, 5) is 26.7. The molecule has 0 bridgehead atoms. The molecule has 0 spiro atoms. The minimum Gasteiger partial charge on any atom is -0.364 e. The zero-order valence-corrected chi connectivity index (χ0v) is 12.0. The van der Waals surface area contributed by atoms with Crippen LogP contribution >= 0.6 is 11.6 Å². The van der Waals surface area contributed by atoms with Gasteiger partial charge in [0.25, 0.3) is 5.91 Å². The van der Waals surface area contributed by atoms with E-state index in [4.69, 9.17) is 17.3 Å². The van der Waals surface area contributed by atoms with Gasteiger partial charge in [-0.15, -0.1) is 11.6 Å². The van der Waals surface area contributed by atoms with Crippen LogP contribution in [-0.4, -0.2) is 54.3 Å².